The zero-order valence-corrected chi connectivity index (χ0v) is 20.8. The van der Waals surface area contributed by atoms with E-state index in [1.165, 1.54) is 12.1 Å². The van der Waals surface area contributed by atoms with Crippen LogP contribution in [0.1, 0.15) is 29.2 Å². The number of aryl methyl sites for hydroxylation is 2. The monoisotopic (exact) mass is 489 g/mol. The number of hydrogen-bond acceptors (Lipinski definition) is 3. The lowest BCUT2D eigenvalue weighted by atomic mass is 10.0. The molecule has 4 aromatic rings. The van der Waals surface area contributed by atoms with Crippen LogP contribution in [0.3, 0.4) is 0 Å². The average molecular weight is 490 g/mol. The van der Waals surface area contributed by atoms with Crippen LogP contribution < -0.4 is 15.6 Å². The minimum Gasteiger partial charge on any atom is -0.494 e. The molecule has 1 heterocycles. The molecule has 2 N–H and O–H groups in total. The highest BCUT2D eigenvalue weighted by molar-refractivity contribution is 7.80. The molecular weight excluding hydrogens is 461 g/mol. The SMILES string of the molecule is CCOc1ccc(NC(=S)N(Cc2ccc(F)cc2)Cc2cc3c(C)ccc(C)c3[nH]c2=O)cc1. The third-order valence-corrected chi connectivity index (χ3v) is 6.23. The van der Waals surface area contributed by atoms with Crippen LogP contribution in [0.5, 0.6) is 5.75 Å². The van der Waals surface area contributed by atoms with Crippen LogP contribution in [0.4, 0.5) is 10.1 Å². The van der Waals surface area contributed by atoms with Crippen LogP contribution in [-0.2, 0) is 13.1 Å². The van der Waals surface area contributed by atoms with Gasteiger partial charge in [-0.2, -0.15) is 0 Å². The standard InChI is InChI=1S/C28H28FN3O2S/c1-4-34-24-13-11-23(12-14-24)30-28(35)32(16-20-7-9-22(29)10-8-20)17-21-15-25-18(2)5-6-19(3)26(25)31-27(21)33/h5-15H,4,16-17H2,1-3H3,(H,30,35)(H,31,33). The molecule has 5 nitrogen and oxygen atoms in total. The molecule has 0 spiro atoms. The second-order valence-electron chi connectivity index (χ2n) is 8.48. The number of pyridine rings is 1. The number of anilines is 1. The number of ether oxygens (including phenoxy) is 1. The third kappa shape index (κ3) is 5.87. The fraction of sp³-hybridized carbons (Fsp3) is 0.214. The van der Waals surface area contributed by atoms with Gasteiger partial charge in [0, 0.05) is 23.2 Å². The summed E-state index contributed by atoms with van der Waals surface area (Å²) in [4.78, 5) is 17.9. The summed E-state index contributed by atoms with van der Waals surface area (Å²) in [5, 5.41) is 4.72. The lowest BCUT2D eigenvalue weighted by Gasteiger charge is -2.26. The number of hydrogen-bond donors (Lipinski definition) is 2. The Balaban J connectivity index is 1.64. The summed E-state index contributed by atoms with van der Waals surface area (Å²) in [6.07, 6.45) is 0. The molecule has 1 aromatic heterocycles. The molecule has 0 unspecified atom stereocenters. The molecule has 0 radical (unpaired) electrons. The second-order valence-corrected chi connectivity index (χ2v) is 8.87. The maximum Gasteiger partial charge on any atom is 0.253 e. The van der Waals surface area contributed by atoms with Crippen LogP contribution in [0.15, 0.2) is 71.5 Å². The van der Waals surface area contributed by atoms with Gasteiger partial charge in [-0.25, -0.2) is 4.39 Å². The van der Waals surface area contributed by atoms with Crippen molar-refractivity contribution in [3.8, 4) is 5.75 Å². The summed E-state index contributed by atoms with van der Waals surface area (Å²) in [6.45, 7) is 7.24. The lowest BCUT2D eigenvalue weighted by Crippen LogP contribution is -2.35. The van der Waals surface area contributed by atoms with Crippen LogP contribution >= 0.6 is 12.2 Å². The Kier molecular flexibility index (Phi) is 7.46. The number of halogens is 1. The predicted molar refractivity (Wildman–Crippen MR) is 144 cm³/mol. The maximum absolute atomic E-state index is 13.5. The molecule has 4 rings (SSSR count). The molecule has 0 aliphatic rings. The molecule has 0 amide bonds. The highest BCUT2D eigenvalue weighted by atomic mass is 32.1. The van der Waals surface area contributed by atoms with Crippen molar-refractivity contribution in [2.75, 3.05) is 11.9 Å². The third-order valence-electron chi connectivity index (χ3n) is 5.87. The Morgan fingerprint density at radius 1 is 1.00 bits per heavy atom. The van der Waals surface area contributed by atoms with Gasteiger partial charge >= 0.3 is 0 Å². The van der Waals surface area contributed by atoms with E-state index in [-0.39, 0.29) is 11.4 Å². The van der Waals surface area contributed by atoms with E-state index >= 15 is 0 Å². The summed E-state index contributed by atoms with van der Waals surface area (Å²) in [7, 11) is 0. The summed E-state index contributed by atoms with van der Waals surface area (Å²) in [5.41, 5.74) is 5.09. The van der Waals surface area contributed by atoms with Crippen LogP contribution in [0, 0.1) is 19.7 Å². The first-order valence-electron chi connectivity index (χ1n) is 11.5. The summed E-state index contributed by atoms with van der Waals surface area (Å²) in [5.74, 6) is 0.479. The topological polar surface area (TPSA) is 57.4 Å². The molecule has 0 fully saturated rings. The minimum absolute atomic E-state index is 0.154. The van der Waals surface area contributed by atoms with Crippen molar-refractivity contribution in [3.63, 3.8) is 0 Å². The first-order valence-corrected chi connectivity index (χ1v) is 11.9. The lowest BCUT2D eigenvalue weighted by molar-refractivity contribution is 0.340. The number of benzene rings is 3. The van der Waals surface area contributed by atoms with E-state index in [1.54, 1.807) is 12.1 Å². The molecule has 0 bridgehead atoms. The van der Waals surface area contributed by atoms with Crippen molar-refractivity contribution in [2.45, 2.75) is 33.9 Å². The number of H-pyrrole nitrogens is 1. The normalized spacial score (nSPS) is 10.9. The van der Waals surface area contributed by atoms with Gasteiger partial charge in [-0.15, -0.1) is 0 Å². The Morgan fingerprint density at radius 2 is 1.69 bits per heavy atom. The Bertz CT molecular complexity index is 1400. The zero-order chi connectivity index (χ0) is 24.9. The largest absolute Gasteiger partial charge is 0.494 e. The molecule has 0 atom stereocenters. The Hall–Kier alpha value is -3.71. The van der Waals surface area contributed by atoms with Gasteiger partial charge in [0.2, 0.25) is 0 Å². The van der Waals surface area contributed by atoms with Crippen LogP contribution in [0.25, 0.3) is 10.9 Å². The predicted octanol–water partition coefficient (Wildman–Crippen LogP) is 6.08. The summed E-state index contributed by atoms with van der Waals surface area (Å²) < 4.78 is 19.0. The highest BCUT2D eigenvalue weighted by Crippen LogP contribution is 2.22. The van der Waals surface area contributed by atoms with Crippen molar-refractivity contribution in [3.05, 3.63) is 105 Å². The van der Waals surface area contributed by atoms with Gasteiger partial charge in [0.1, 0.15) is 11.6 Å². The van der Waals surface area contributed by atoms with Gasteiger partial charge in [-0.1, -0.05) is 24.3 Å². The molecule has 7 heteroatoms. The molecule has 0 saturated heterocycles. The van der Waals surface area contributed by atoms with E-state index in [9.17, 15) is 9.18 Å². The average Bonchev–Trinajstić information content (AvgIpc) is 2.84. The van der Waals surface area contributed by atoms with Crippen molar-refractivity contribution < 1.29 is 9.13 Å². The smallest absolute Gasteiger partial charge is 0.253 e. The van der Waals surface area contributed by atoms with E-state index in [4.69, 9.17) is 17.0 Å². The first-order chi connectivity index (χ1) is 16.8. The van der Waals surface area contributed by atoms with E-state index in [1.807, 2.05) is 68.1 Å². The molecule has 0 aliphatic heterocycles. The number of aromatic amines is 1. The van der Waals surface area contributed by atoms with Crippen LogP contribution in [-0.4, -0.2) is 21.6 Å². The molecular formula is C28H28FN3O2S. The zero-order valence-electron chi connectivity index (χ0n) is 20.0. The van der Waals surface area contributed by atoms with Gasteiger partial charge in [-0.05, 0) is 92.1 Å². The highest BCUT2D eigenvalue weighted by Gasteiger charge is 2.16. The van der Waals surface area contributed by atoms with E-state index in [0.717, 1.165) is 39.0 Å². The molecule has 35 heavy (non-hydrogen) atoms. The number of rotatable bonds is 7. The van der Waals surface area contributed by atoms with Crippen molar-refractivity contribution >= 4 is 33.9 Å². The second kappa shape index (κ2) is 10.7. The number of thiocarbonyl (C=S) groups is 1. The van der Waals surface area contributed by atoms with Gasteiger partial charge in [0.25, 0.3) is 5.56 Å². The van der Waals surface area contributed by atoms with Crippen LogP contribution in [0.2, 0.25) is 0 Å². The first kappa shape index (κ1) is 24.4. The fourth-order valence-corrected chi connectivity index (χ4v) is 4.20. The van der Waals surface area contributed by atoms with Gasteiger partial charge in [0.05, 0.1) is 18.7 Å². The van der Waals surface area contributed by atoms with E-state index < -0.39 is 0 Å². The van der Waals surface area contributed by atoms with Gasteiger partial charge in [-0.3, -0.25) is 4.79 Å². The van der Waals surface area contributed by atoms with Gasteiger partial charge in [0.15, 0.2) is 5.11 Å². The quantitative estimate of drug-likeness (QED) is 0.308. The van der Waals surface area contributed by atoms with Crippen molar-refractivity contribution in [1.82, 2.24) is 9.88 Å². The summed E-state index contributed by atoms with van der Waals surface area (Å²) in [6, 6.07) is 19.8. The number of fused-ring (bicyclic) bond motifs is 1. The number of aromatic nitrogens is 1. The molecule has 180 valence electrons. The molecule has 3 aromatic carbocycles. The summed E-state index contributed by atoms with van der Waals surface area (Å²) >= 11 is 5.75. The number of nitrogens with one attached hydrogen (secondary N) is 2. The van der Waals surface area contributed by atoms with Crippen molar-refractivity contribution in [2.24, 2.45) is 0 Å². The Morgan fingerprint density at radius 3 is 2.37 bits per heavy atom. The minimum atomic E-state index is -0.299. The maximum atomic E-state index is 13.5. The number of nitrogens with zero attached hydrogens (tertiary/aromatic N) is 1. The fourth-order valence-electron chi connectivity index (χ4n) is 3.95. The van der Waals surface area contributed by atoms with Gasteiger partial charge < -0.3 is 19.9 Å². The molecule has 0 saturated carbocycles. The van der Waals surface area contributed by atoms with E-state index in [2.05, 4.69) is 10.3 Å². The van der Waals surface area contributed by atoms with Crippen molar-refractivity contribution in [1.29, 1.82) is 0 Å². The Labute approximate surface area is 209 Å². The van der Waals surface area contributed by atoms with E-state index in [0.29, 0.717) is 30.4 Å². The molecule has 0 aliphatic carbocycles.